The number of halogens is 1. The molecule has 9 heteroatoms. The summed E-state index contributed by atoms with van der Waals surface area (Å²) in [6.45, 7) is 3.31. The molecule has 0 bridgehead atoms. The van der Waals surface area contributed by atoms with Gasteiger partial charge in [-0.3, -0.25) is 9.82 Å². The number of benzene rings is 1. The van der Waals surface area contributed by atoms with E-state index in [0.29, 0.717) is 17.1 Å². The number of methoxy groups -OCH3 is 1. The largest absolute Gasteiger partial charge is 0.492 e. The highest BCUT2D eigenvalue weighted by Gasteiger charge is 2.21. The van der Waals surface area contributed by atoms with Gasteiger partial charge >= 0.3 is 0 Å². The summed E-state index contributed by atoms with van der Waals surface area (Å²) >= 11 is 0. The Morgan fingerprint density at radius 2 is 2.05 bits per heavy atom. The summed E-state index contributed by atoms with van der Waals surface area (Å²) in [5.74, 6) is -1.04. The van der Waals surface area contributed by atoms with Gasteiger partial charge in [-0.1, -0.05) is 0 Å². The van der Waals surface area contributed by atoms with Crippen LogP contribution >= 0.6 is 0 Å². The Labute approximate surface area is 121 Å². The van der Waals surface area contributed by atoms with Gasteiger partial charge in [-0.2, -0.15) is 5.10 Å². The van der Waals surface area contributed by atoms with E-state index in [4.69, 9.17) is 10.5 Å². The molecule has 1 aromatic carbocycles. The third kappa shape index (κ3) is 2.77. The third-order valence-electron chi connectivity index (χ3n) is 2.92. The van der Waals surface area contributed by atoms with Crippen molar-refractivity contribution in [2.24, 2.45) is 0 Å². The Morgan fingerprint density at radius 3 is 2.52 bits per heavy atom. The molecule has 7 nitrogen and oxygen atoms in total. The van der Waals surface area contributed by atoms with Crippen molar-refractivity contribution in [1.29, 1.82) is 0 Å². The van der Waals surface area contributed by atoms with Crippen molar-refractivity contribution in [3.05, 3.63) is 29.3 Å². The number of sulfonamides is 1. The van der Waals surface area contributed by atoms with Gasteiger partial charge < -0.3 is 10.5 Å². The highest BCUT2D eigenvalue weighted by atomic mass is 32.2. The van der Waals surface area contributed by atoms with E-state index in [1.165, 1.54) is 7.11 Å². The Bertz CT molecular complexity index is 743. The summed E-state index contributed by atoms with van der Waals surface area (Å²) in [4.78, 5) is -0.293. The number of nitrogens with two attached hydrogens (primary N) is 1. The Balaban J connectivity index is 2.46. The Kier molecular flexibility index (Phi) is 3.77. The zero-order chi connectivity index (χ0) is 15.8. The van der Waals surface area contributed by atoms with Crippen LogP contribution in [0.3, 0.4) is 0 Å². The van der Waals surface area contributed by atoms with E-state index >= 15 is 0 Å². The smallest absolute Gasteiger partial charge is 0.262 e. The lowest BCUT2D eigenvalue weighted by Gasteiger charge is -2.11. The quantitative estimate of drug-likeness (QED) is 0.742. The first-order valence-electron chi connectivity index (χ1n) is 5.93. The number of aryl methyl sites for hydroxylation is 2. The molecule has 0 saturated heterocycles. The maximum Gasteiger partial charge on any atom is 0.262 e. The number of hydrogen-bond acceptors (Lipinski definition) is 5. The number of H-pyrrole nitrogens is 1. The molecule has 0 aliphatic rings. The van der Waals surface area contributed by atoms with Crippen LogP contribution in [0.5, 0.6) is 5.75 Å². The van der Waals surface area contributed by atoms with E-state index in [-0.39, 0.29) is 16.3 Å². The van der Waals surface area contributed by atoms with Gasteiger partial charge in [0.25, 0.3) is 10.0 Å². The highest BCUT2D eigenvalue weighted by molar-refractivity contribution is 7.92. The second-order valence-corrected chi connectivity index (χ2v) is 6.12. The van der Waals surface area contributed by atoms with Gasteiger partial charge in [0, 0.05) is 0 Å². The van der Waals surface area contributed by atoms with Crippen molar-refractivity contribution in [2.75, 3.05) is 17.6 Å². The van der Waals surface area contributed by atoms with Crippen molar-refractivity contribution in [3.63, 3.8) is 0 Å². The van der Waals surface area contributed by atoms with Crippen LogP contribution in [0.15, 0.2) is 17.0 Å². The fourth-order valence-corrected chi connectivity index (χ4v) is 3.08. The molecule has 4 N–H and O–H groups in total. The lowest BCUT2D eigenvalue weighted by atomic mass is 10.3. The van der Waals surface area contributed by atoms with Crippen molar-refractivity contribution in [3.8, 4) is 5.75 Å². The molecule has 0 aliphatic carbocycles. The molecule has 0 unspecified atom stereocenters. The Hall–Kier alpha value is -2.29. The van der Waals surface area contributed by atoms with Crippen LogP contribution in [0.1, 0.15) is 11.4 Å². The van der Waals surface area contributed by atoms with Crippen molar-refractivity contribution < 1.29 is 17.5 Å². The number of aromatic amines is 1. The number of rotatable bonds is 4. The summed E-state index contributed by atoms with van der Waals surface area (Å²) in [5.41, 5.74) is 6.85. The maximum atomic E-state index is 13.8. The predicted molar refractivity (Wildman–Crippen MR) is 76.2 cm³/mol. The molecule has 21 heavy (non-hydrogen) atoms. The van der Waals surface area contributed by atoms with E-state index in [1.807, 2.05) is 0 Å². The van der Waals surface area contributed by atoms with E-state index in [9.17, 15) is 12.8 Å². The number of nitrogens with one attached hydrogen (secondary N) is 2. The van der Waals surface area contributed by atoms with E-state index < -0.39 is 15.8 Å². The van der Waals surface area contributed by atoms with Crippen LogP contribution < -0.4 is 15.2 Å². The molecule has 0 amide bonds. The third-order valence-corrected chi connectivity index (χ3v) is 4.25. The van der Waals surface area contributed by atoms with Crippen LogP contribution in [-0.2, 0) is 10.0 Å². The first-order chi connectivity index (χ1) is 9.76. The summed E-state index contributed by atoms with van der Waals surface area (Å²) in [6.07, 6.45) is 0. The number of nitrogen functional groups attached to an aromatic ring is 1. The standard InChI is InChI=1S/C12H15FN4O3S/c1-6-11(7(2)16-15-6)17-21(18,19)8-4-9(13)12(20-3)10(14)5-8/h4-5,17H,14H2,1-3H3,(H,15,16). The van der Waals surface area contributed by atoms with Crippen LogP contribution in [0.25, 0.3) is 0 Å². The maximum absolute atomic E-state index is 13.8. The van der Waals surface area contributed by atoms with E-state index in [2.05, 4.69) is 14.9 Å². The van der Waals surface area contributed by atoms with Gasteiger partial charge in [0.2, 0.25) is 0 Å². The summed E-state index contributed by atoms with van der Waals surface area (Å²) < 4.78 is 45.5. The van der Waals surface area contributed by atoms with Gasteiger partial charge in [0.15, 0.2) is 11.6 Å². The summed E-state index contributed by atoms with van der Waals surface area (Å²) in [7, 11) is -2.73. The second-order valence-electron chi connectivity index (χ2n) is 4.44. The monoisotopic (exact) mass is 314 g/mol. The molecule has 1 heterocycles. The fraction of sp³-hybridized carbons (Fsp3) is 0.250. The molecule has 0 atom stereocenters. The molecule has 114 valence electrons. The number of ether oxygens (including phenoxy) is 1. The zero-order valence-electron chi connectivity index (χ0n) is 11.7. The van der Waals surface area contributed by atoms with Gasteiger partial charge in [-0.25, -0.2) is 12.8 Å². The Morgan fingerprint density at radius 1 is 1.38 bits per heavy atom. The van der Waals surface area contributed by atoms with Crippen molar-refractivity contribution >= 4 is 21.4 Å². The molecule has 0 aliphatic heterocycles. The van der Waals surface area contributed by atoms with Crippen molar-refractivity contribution in [2.45, 2.75) is 18.7 Å². The second kappa shape index (κ2) is 5.24. The van der Waals surface area contributed by atoms with Gasteiger partial charge in [0.1, 0.15) is 0 Å². The zero-order valence-corrected chi connectivity index (χ0v) is 12.5. The van der Waals surface area contributed by atoms with E-state index in [1.54, 1.807) is 13.8 Å². The summed E-state index contributed by atoms with van der Waals surface area (Å²) in [5, 5.41) is 6.54. The molecule has 2 rings (SSSR count). The van der Waals surface area contributed by atoms with Crippen LogP contribution in [-0.4, -0.2) is 25.7 Å². The number of hydrogen-bond donors (Lipinski definition) is 3. The number of anilines is 2. The normalized spacial score (nSPS) is 11.4. The molecule has 2 aromatic rings. The molecule has 0 fully saturated rings. The fourth-order valence-electron chi connectivity index (χ4n) is 1.85. The van der Waals surface area contributed by atoms with Gasteiger partial charge in [-0.15, -0.1) is 0 Å². The molecule has 0 radical (unpaired) electrons. The topological polar surface area (TPSA) is 110 Å². The lowest BCUT2D eigenvalue weighted by Crippen LogP contribution is -2.15. The molecule has 1 aromatic heterocycles. The minimum absolute atomic E-state index is 0.0986. The number of aromatic nitrogens is 2. The predicted octanol–water partition coefficient (Wildman–Crippen LogP) is 1.56. The van der Waals surface area contributed by atoms with Crippen LogP contribution in [0.2, 0.25) is 0 Å². The van der Waals surface area contributed by atoms with Gasteiger partial charge in [0.05, 0.1) is 34.8 Å². The molecular formula is C12H15FN4O3S. The van der Waals surface area contributed by atoms with Gasteiger partial charge in [-0.05, 0) is 26.0 Å². The molecule has 0 saturated carbocycles. The lowest BCUT2D eigenvalue weighted by molar-refractivity contribution is 0.388. The average molecular weight is 314 g/mol. The summed E-state index contributed by atoms with van der Waals surface area (Å²) in [6, 6.07) is 1.98. The highest BCUT2D eigenvalue weighted by Crippen LogP contribution is 2.30. The SMILES string of the molecule is COc1c(N)cc(S(=O)(=O)Nc2c(C)n[nH]c2C)cc1F. The minimum atomic E-state index is -3.98. The molecule has 0 spiro atoms. The number of nitrogens with zero attached hydrogens (tertiary/aromatic N) is 1. The first kappa shape index (κ1) is 15.1. The van der Waals surface area contributed by atoms with Crippen LogP contribution in [0.4, 0.5) is 15.8 Å². The minimum Gasteiger partial charge on any atom is -0.492 e. The average Bonchev–Trinajstić information content (AvgIpc) is 2.70. The van der Waals surface area contributed by atoms with Crippen LogP contribution in [0, 0.1) is 19.7 Å². The van der Waals surface area contributed by atoms with Crippen molar-refractivity contribution in [1.82, 2.24) is 10.2 Å². The van der Waals surface area contributed by atoms with E-state index in [0.717, 1.165) is 12.1 Å². The molecular weight excluding hydrogens is 299 g/mol. The first-order valence-corrected chi connectivity index (χ1v) is 7.42.